The summed E-state index contributed by atoms with van der Waals surface area (Å²) >= 11 is 0. The first-order valence-corrected chi connectivity index (χ1v) is 6.83. The van der Waals surface area contributed by atoms with Crippen LogP contribution in [0.15, 0.2) is 24.3 Å². The van der Waals surface area contributed by atoms with Gasteiger partial charge in [-0.05, 0) is 43.5 Å². The number of benzene rings is 1. The molecule has 1 aliphatic carbocycles. The van der Waals surface area contributed by atoms with Crippen LogP contribution in [-0.4, -0.2) is 26.3 Å². The second kappa shape index (κ2) is 6.76. The third kappa shape index (κ3) is 3.47. The van der Waals surface area contributed by atoms with Crippen LogP contribution in [0.5, 0.6) is 5.75 Å². The van der Waals surface area contributed by atoms with Gasteiger partial charge in [0.25, 0.3) is 0 Å². The van der Waals surface area contributed by atoms with Gasteiger partial charge in [-0.2, -0.15) is 0 Å². The van der Waals surface area contributed by atoms with Crippen LogP contribution in [0.1, 0.15) is 37.9 Å². The van der Waals surface area contributed by atoms with Crippen molar-refractivity contribution < 1.29 is 9.47 Å². The van der Waals surface area contributed by atoms with Gasteiger partial charge in [0.2, 0.25) is 0 Å². The number of hydrogen-bond donors (Lipinski definition) is 1. The van der Waals surface area contributed by atoms with Crippen LogP contribution >= 0.6 is 0 Å². The van der Waals surface area contributed by atoms with Gasteiger partial charge in [0, 0.05) is 6.54 Å². The molecule has 0 bridgehead atoms. The summed E-state index contributed by atoms with van der Waals surface area (Å²) in [5.41, 5.74) is 1.20. The van der Waals surface area contributed by atoms with E-state index in [-0.39, 0.29) is 6.10 Å². The molecule has 1 N–H and O–H groups in total. The highest BCUT2D eigenvalue weighted by Crippen LogP contribution is 2.29. The minimum absolute atomic E-state index is 0.130. The molecule has 1 atom stereocenters. The Hall–Kier alpha value is -1.06. The van der Waals surface area contributed by atoms with Crippen molar-refractivity contribution in [3.63, 3.8) is 0 Å². The minimum atomic E-state index is 0.130. The highest BCUT2D eigenvalue weighted by Gasteiger charge is 2.23. The Labute approximate surface area is 109 Å². The average Bonchev–Trinajstić information content (AvgIpc) is 2.37. The van der Waals surface area contributed by atoms with Gasteiger partial charge in [-0.3, -0.25) is 0 Å². The molecule has 0 radical (unpaired) electrons. The summed E-state index contributed by atoms with van der Waals surface area (Å²) in [6.45, 7) is 3.95. The molecule has 0 aliphatic heterocycles. The molecule has 1 aliphatic rings. The van der Waals surface area contributed by atoms with Crippen molar-refractivity contribution in [2.75, 3.05) is 20.2 Å². The molecule has 1 aromatic carbocycles. The zero-order valence-electron chi connectivity index (χ0n) is 11.3. The van der Waals surface area contributed by atoms with Crippen LogP contribution in [0.25, 0.3) is 0 Å². The van der Waals surface area contributed by atoms with Crippen molar-refractivity contribution in [2.24, 2.45) is 0 Å². The third-order valence-electron chi connectivity index (χ3n) is 3.45. The lowest BCUT2D eigenvalue weighted by molar-refractivity contribution is -0.0518. The van der Waals surface area contributed by atoms with Crippen LogP contribution < -0.4 is 10.1 Å². The standard InChI is InChI=1S/C15H23NO2/c1-3-16-11-15(18-13-7-5-8-13)12-6-4-9-14(10-12)17-2/h4,6,9-10,13,15-16H,3,5,7-8,11H2,1-2H3. The number of rotatable bonds is 7. The van der Waals surface area contributed by atoms with Gasteiger partial charge < -0.3 is 14.8 Å². The third-order valence-corrected chi connectivity index (χ3v) is 3.45. The molecular formula is C15H23NO2. The molecular weight excluding hydrogens is 226 g/mol. The molecule has 1 unspecified atom stereocenters. The summed E-state index contributed by atoms with van der Waals surface area (Å²) < 4.78 is 11.4. The molecule has 0 amide bonds. The maximum Gasteiger partial charge on any atom is 0.119 e. The molecule has 1 fully saturated rings. The van der Waals surface area contributed by atoms with Crippen LogP contribution in [0.2, 0.25) is 0 Å². The summed E-state index contributed by atoms with van der Waals surface area (Å²) in [5, 5.41) is 3.37. The monoisotopic (exact) mass is 249 g/mol. The normalized spacial score (nSPS) is 17.2. The lowest BCUT2D eigenvalue weighted by atomic mass is 9.95. The lowest BCUT2D eigenvalue weighted by Crippen LogP contribution is -2.30. The zero-order valence-corrected chi connectivity index (χ0v) is 11.3. The molecule has 0 spiro atoms. The molecule has 0 heterocycles. The fourth-order valence-corrected chi connectivity index (χ4v) is 2.10. The van der Waals surface area contributed by atoms with E-state index in [9.17, 15) is 0 Å². The lowest BCUT2D eigenvalue weighted by Gasteiger charge is -2.31. The molecule has 1 saturated carbocycles. The second-order valence-corrected chi connectivity index (χ2v) is 4.76. The SMILES string of the molecule is CCNCC(OC1CCC1)c1cccc(OC)c1. The first-order valence-electron chi connectivity index (χ1n) is 6.83. The van der Waals surface area contributed by atoms with E-state index in [2.05, 4.69) is 24.4 Å². The fraction of sp³-hybridized carbons (Fsp3) is 0.600. The maximum absolute atomic E-state index is 6.16. The Morgan fingerprint density at radius 3 is 2.83 bits per heavy atom. The van der Waals surface area contributed by atoms with Gasteiger partial charge in [-0.25, -0.2) is 0 Å². The van der Waals surface area contributed by atoms with Crippen molar-refractivity contribution in [1.82, 2.24) is 5.32 Å². The Kier molecular flexibility index (Phi) is 5.02. The Bertz CT molecular complexity index is 363. The molecule has 2 rings (SSSR count). The van der Waals surface area contributed by atoms with E-state index in [1.807, 2.05) is 12.1 Å². The van der Waals surface area contributed by atoms with Gasteiger partial charge >= 0.3 is 0 Å². The summed E-state index contributed by atoms with van der Waals surface area (Å²) in [5.74, 6) is 0.895. The van der Waals surface area contributed by atoms with E-state index in [0.29, 0.717) is 6.10 Å². The van der Waals surface area contributed by atoms with Crippen molar-refractivity contribution in [2.45, 2.75) is 38.4 Å². The van der Waals surface area contributed by atoms with Gasteiger partial charge in [-0.1, -0.05) is 19.1 Å². The van der Waals surface area contributed by atoms with E-state index >= 15 is 0 Å². The van der Waals surface area contributed by atoms with Crippen molar-refractivity contribution >= 4 is 0 Å². The highest BCUT2D eigenvalue weighted by molar-refractivity contribution is 5.30. The van der Waals surface area contributed by atoms with Gasteiger partial charge in [0.15, 0.2) is 0 Å². The van der Waals surface area contributed by atoms with Gasteiger partial charge in [-0.15, -0.1) is 0 Å². The topological polar surface area (TPSA) is 30.5 Å². The Morgan fingerprint density at radius 2 is 2.22 bits per heavy atom. The first-order chi connectivity index (χ1) is 8.83. The fourth-order valence-electron chi connectivity index (χ4n) is 2.10. The zero-order chi connectivity index (χ0) is 12.8. The largest absolute Gasteiger partial charge is 0.497 e. The minimum Gasteiger partial charge on any atom is -0.497 e. The highest BCUT2D eigenvalue weighted by atomic mass is 16.5. The smallest absolute Gasteiger partial charge is 0.119 e. The van der Waals surface area contributed by atoms with Gasteiger partial charge in [0.05, 0.1) is 19.3 Å². The second-order valence-electron chi connectivity index (χ2n) is 4.76. The van der Waals surface area contributed by atoms with E-state index in [0.717, 1.165) is 18.8 Å². The maximum atomic E-state index is 6.16. The number of likely N-dealkylation sites (N-methyl/N-ethyl adjacent to an activating group) is 1. The summed E-state index contributed by atoms with van der Waals surface area (Å²) in [4.78, 5) is 0. The molecule has 1 aromatic rings. The number of ether oxygens (including phenoxy) is 2. The van der Waals surface area contributed by atoms with Crippen LogP contribution in [-0.2, 0) is 4.74 Å². The first kappa shape index (κ1) is 13.4. The van der Waals surface area contributed by atoms with Crippen LogP contribution in [0.4, 0.5) is 0 Å². The Morgan fingerprint density at radius 1 is 1.39 bits per heavy atom. The summed E-state index contributed by atoms with van der Waals surface area (Å²) in [7, 11) is 1.70. The van der Waals surface area contributed by atoms with E-state index in [1.54, 1.807) is 7.11 Å². The number of methoxy groups -OCH3 is 1. The predicted molar refractivity (Wildman–Crippen MR) is 73.0 cm³/mol. The van der Waals surface area contributed by atoms with E-state index in [1.165, 1.54) is 24.8 Å². The summed E-state index contributed by atoms with van der Waals surface area (Å²) in [6, 6.07) is 8.18. The molecule has 3 heteroatoms. The van der Waals surface area contributed by atoms with Gasteiger partial charge in [0.1, 0.15) is 5.75 Å². The molecule has 0 aromatic heterocycles. The molecule has 18 heavy (non-hydrogen) atoms. The quantitative estimate of drug-likeness (QED) is 0.806. The molecule has 100 valence electrons. The van der Waals surface area contributed by atoms with Crippen molar-refractivity contribution in [3.05, 3.63) is 29.8 Å². The van der Waals surface area contributed by atoms with E-state index < -0.39 is 0 Å². The summed E-state index contributed by atoms with van der Waals surface area (Å²) in [6.07, 6.45) is 4.28. The van der Waals surface area contributed by atoms with Crippen molar-refractivity contribution in [3.8, 4) is 5.75 Å². The molecule has 3 nitrogen and oxygen atoms in total. The van der Waals surface area contributed by atoms with Crippen molar-refractivity contribution in [1.29, 1.82) is 0 Å². The molecule has 0 saturated heterocycles. The Balaban J connectivity index is 2.04. The average molecular weight is 249 g/mol. The number of hydrogen-bond acceptors (Lipinski definition) is 3. The van der Waals surface area contributed by atoms with Crippen LogP contribution in [0.3, 0.4) is 0 Å². The number of nitrogens with one attached hydrogen (secondary N) is 1. The predicted octanol–water partition coefficient (Wildman–Crippen LogP) is 2.91. The van der Waals surface area contributed by atoms with E-state index in [4.69, 9.17) is 9.47 Å². The van der Waals surface area contributed by atoms with Crippen LogP contribution in [0, 0.1) is 0 Å².